The Hall–Kier alpha value is -2.80. The van der Waals surface area contributed by atoms with E-state index < -0.39 is 20.5 Å². The number of nitrogens with zero attached hydrogens (tertiary/aromatic N) is 2. The lowest BCUT2D eigenvalue weighted by atomic mass is 10.1. The van der Waals surface area contributed by atoms with Gasteiger partial charge in [0.25, 0.3) is 5.69 Å². The molecule has 0 bridgehead atoms. The molecule has 0 amide bonds. The highest BCUT2D eigenvalue weighted by Crippen LogP contribution is 2.30. The lowest BCUT2D eigenvalue weighted by molar-refractivity contribution is -0.383. The van der Waals surface area contributed by atoms with Crippen molar-refractivity contribution in [2.24, 2.45) is 0 Å². The van der Waals surface area contributed by atoms with Crippen LogP contribution in [0.15, 0.2) is 65.7 Å². The highest BCUT2D eigenvalue weighted by atomic mass is 32.2. The Kier molecular flexibility index (Phi) is 3.79. The van der Waals surface area contributed by atoms with Gasteiger partial charge in [-0.25, -0.2) is 13.4 Å². The van der Waals surface area contributed by atoms with Crippen molar-refractivity contribution in [3.63, 3.8) is 0 Å². The zero-order chi connectivity index (χ0) is 16.4. The summed E-state index contributed by atoms with van der Waals surface area (Å²) in [5.74, 6) is -0.445. The second kappa shape index (κ2) is 5.77. The fourth-order valence-corrected chi connectivity index (χ4v) is 3.79. The molecular formula is C16H12N2O4S. The van der Waals surface area contributed by atoms with Crippen LogP contribution in [0.25, 0.3) is 10.9 Å². The maximum atomic E-state index is 12.5. The molecule has 3 aromatic rings. The summed E-state index contributed by atoms with van der Waals surface area (Å²) in [5.41, 5.74) is 0.0610. The molecule has 1 aromatic heterocycles. The molecule has 0 unspecified atom stereocenters. The molecule has 6 nitrogen and oxygen atoms in total. The van der Waals surface area contributed by atoms with Gasteiger partial charge in [-0.2, -0.15) is 0 Å². The molecule has 0 spiro atoms. The molecule has 116 valence electrons. The van der Waals surface area contributed by atoms with E-state index in [2.05, 4.69) is 4.98 Å². The van der Waals surface area contributed by atoms with Crippen molar-refractivity contribution in [1.29, 1.82) is 0 Å². The van der Waals surface area contributed by atoms with Crippen LogP contribution in [0.5, 0.6) is 0 Å². The Labute approximate surface area is 132 Å². The third-order valence-electron chi connectivity index (χ3n) is 3.46. The number of rotatable bonds is 4. The fourth-order valence-electron chi connectivity index (χ4n) is 2.41. The van der Waals surface area contributed by atoms with Crippen molar-refractivity contribution in [2.45, 2.75) is 10.6 Å². The van der Waals surface area contributed by atoms with E-state index in [1.54, 1.807) is 36.4 Å². The van der Waals surface area contributed by atoms with Gasteiger partial charge < -0.3 is 0 Å². The first-order valence-corrected chi connectivity index (χ1v) is 8.43. The maximum absolute atomic E-state index is 12.5. The molecule has 7 heteroatoms. The molecule has 3 rings (SSSR count). The summed E-state index contributed by atoms with van der Waals surface area (Å²) in [6, 6.07) is 14.4. The molecular weight excluding hydrogens is 316 g/mol. The van der Waals surface area contributed by atoms with Crippen molar-refractivity contribution in [2.75, 3.05) is 0 Å². The molecule has 0 saturated carbocycles. The number of hydrogen-bond acceptors (Lipinski definition) is 5. The van der Waals surface area contributed by atoms with Crippen molar-refractivity contribution in [1.82, 2.24) is 4.98 Å². The number of fused-ring (bicyclic) bond motifs is 1. The first-order valence-electron chi connectivity index (χ1n) is 6.78. The highest BCUT2D eigenvalue weighted by Gasteiger charge is 2.24. The first kappa shape index (κ1) is 15.1. The van der Waals surface area contributed by atoms with Crippen LogP contribution < -0.4 is 0 Å². The van der Waals surface area contributed by atoms with Crippen LogP contribution in [0.3, 0.4) is 0 Å². The molecule has 0 saturated heterocycles. The predicted molar refractivity (Wildman–Crippen MR) is 85.7 cm³/mol. The minimum absolute atomic E-state index is 0.130. The second-order valence-electron chi connectivity index (χ2n) is 4.98. The topological polar surface area (TPSA) is 90.2 Å². The largest absolute Gasteiger partial charge is 0.299 e. The van der Waals surface area contributed by atoms with E-state index in [4.69, 9.17) is 0 Å². The standard InChI is InChI=1S/C16H12N2O4S/c19-18(20)16-13(9-8-12-5-4-10-17-15(12)16)11-23(21,22)14-6-2-1-3-7-14/h1-10H,11H2. The summed E-state index contributed by atoms with van der Waals surface area (Å²) in [6.07, 6.45) is 1.45. The third kappa shape index (κ3) is 2.91. The fraction of sp³-hybridized carbons (Fsp3) is 0.0625. The van der Waals surface area contributed by atoms with Gasteiger partial charge in [0.05, 0.1) is 15.6 Å². The Morgan fingerprint density at radius 3 is 2.43 bits per heavy atom. The van der Waals surface area contributed by atoms with E-state index >= 15 is 0 Å². The van der Waals surface area contributed by atoms with Gasteiger partial charge in [0.2, 0.25) is 0 Å². The van der Waals surface area contributed by atoms with E-state index in [9.17, 15) is 18.5 Å². The Morgan fingerprint density at radius 2 is 1.74 bits per heavy atom. The molecule has 0 aliphatic heterocycles. The van der Waals surface area contributed by atoms with Gasteiger partial charge in [0.15, 0.2) is 9.84 Å². The van der Waals surface area contributed by atoms with E-state index in [0.29, 0.717) is 5.39 Å². The lowest BCUT2D eigenvalue weighted by Gasteiger charge is -2.07. The van der Waals surface area contributed by atoms with Gasteiger partial charge >= 0.3 is 0 Å². The van der Waals surface area contributed by atoms with Gasteiger partial charge in [-0.15, -0.1) is 0 Å². The number of aromatic nitrogens is 1. The van der Waals surface area contributed by atoms with Crippen LogP contribution in [-0.4, -0.2) is 18.3 Å². The van der Waals surface area contributed by atoms with Crippen LogP contribution >= 0.6 is 0 Å². The van der Waals surface area contributed by atoms with Crippen LogP contribution in [0.4, 0.5) is 5.69 Å². The molecule has 0 N–H and O–H groups in total. The average Bonchev–Trinajstić information content (AvgIpc) is 2.55. The van der Waals surface area contributed by atoms with Crippen LogP contribution in [-0.2, 0) is 15.6 Å². The summed E-state index contributed by atoms with van der Waals surface area (Å²) >= 11 is 0. The number of nitro benzene ring substituents is 1. The monoisotopic (exact) mass is 328 g/mol. The molecule has 0 aliphatic rings. The first-order chi connectivity index (χ1) is 11.0. The summed E-state index contributed by atoms with van der Waals surface area (Å²) in [5, 5.41) is 12.0. The Morgan fingerprint density at radius 1 is 1.00 bits per heavy atom. The molecule has 2 aromatic carbocycles. The van der Waals surface area contributed by atoms with Crippen molar-refractivity contribution in [3.8, 4) is 0 Å². The van der Waals surface area contributed by atoms with E-state index in [0.717, 1.165) is 0 Å². The summed E-state index contributed by atoms with van der Waals surface area (Å²) < 4.78 is 24.9. The summed E-state index contributed by atoms with van der Waals surface area (Å²) in [6.45, 7) is 0. The molecule has 0 atom stereocenters. The van der Waals surface area contributed by atoms with Gasteiger partial charge in [0.1, 0.15) is 5.52 Å². The SMILES string of the molecule is O=[N+]([O-])c1c(CS(=O)(=O)c2ccccc2)ccc2cccnc12. The minimum atomic E-state index is -3.67. The highest BCUT2D eigenvalue weighted by molar-refractivity contribution is 7.90. The second-order valence-corrected chi connectivity index (χ2v) is 6.97. The number of sulfone groups is 1. The zero-order valence-corrected chi connectivity index (χ0v) is 12.7. The smallest absolute Gasteiger partial charge is 0.258 e. The predicted octanol–water partition coefficient (Wildman–Crippen LogP) is 3.12. The maximum Gasteiger partial charge on any atom is 0.299 e. The van der Waals surface area contributed by atoms with E-state index in [1.165, 1.54) is 24.4 Å². The van der Waals surface area contributed by atoms with Gasteiger partial charge in [-0.05, 0) is 18.2 Å². The van der Waals surface area contributed by atoms with E-state index in [1.807, 2.05) is 0 Å². The minimum Gasteiger partial charge on any atom is -0.258 e. The van der Waals surface area contributed by atoms with Crippen molar-refractivity contribution >= 4 is 26.4 Å². The lowest BCUT2D eigenvalue weighted by Crippen LogP contribution is -2.07. The molecule has 23 heavy (non-hydrogen) atoms. The number of pyridine rings is 1. The molecule has 1 heterocycles. The quantitative estimate of drug-likeness (QED) is 0.542. The van der Waals surface area contributed by atoms with Crippen LogP contribution in [0, 0.1) is 10.1 Å². The van der Waals surface area contributed by atoms with Crippen LogP contribution in [0.2, 0.25) is 0 Å². The molecule has 0 fully saturated rings. The Bertz CT molecular complexity index is 985. The van der Waals surface area contributed by atoms with Crippen molar-refractivity contribution < 1.29 is 13.3 Å². The van der Waals surface area contributed by atoms with Gasteiger partial charge in [-0.3, -0.25) is 10.1 Å². The van der Waals surface area contributed by atoms with Gasteiger partial charge in [0, 0.05) is 17.1 Å². The number of hydrogen-bond donors (Lipinski definition) is 0. The van der Waals surface area contributed by atoms with Crippen LogP contribution in [0.1, 0.15) is 5.56 Å². The Balaban J connectivity index is 2.14. The summed E-state index contributed by atoms with van der Waals surface area (Å²) in [7, 11) is -3.67. The number of benzene rings is 2. The number of nitro groups is 1. The molecule has 0 aliphatic carbocycles. The molecule has 0 radical (unpaired) electrons. The summed E-state index contributed by atoms with van der Waals surface area (Å²) in [4.78, 5) is 15.0. The zero-order valence-electron chi connectivity index (χ0n) is 11.9. The van der Waals surface area contributed by atoms with E-state index in [-0.39, 0.29) is 21.7 Å². The van der Waals surface area contributed by atoms with Gasteiger partial charge in [-0.1, -0.05) is 36.4 Å². The third-order valence-corrected chi connectivity index (χ3v) is 5.14. The average molecular weight is 328 g/mol. The normalized spacial score (nSPS) is 11.5. The van der Waals surface area contributed by atoms with Crippen molar-refractivity contribution in [3.05, 3.63) is 76.5 Å².